The molecule has 0 aromatic heterocycles. The van der Waals surface area contributed by atoms with E-state index in [9.17, 15) is 9.59 Å². The number of hydrogen-bond acceptors (Lipinski definition) is 4. The fourth-order valence-corrected chi connectivity index (χ4v) is 2.45. The minimum atomic E-state index is -0.198. The molecule has 0 radical (unpaired) electrons. The molecule has 2 aromatic rings. The highest BCUT2D eigenvalue weighted by atomic mass is 16.5. The first-order chi connectivity index (χ1) is 13.5. The topological polar surface area (TPSA) is 76.7 Å². The molecule has 6 heteroatoms. The van der Waals surface area contributed by atoms with Gasteiger partial charge in [0.25, 0.3) is 0 Å². The molecule has 0 aliphatic carbocycles. The van der Waals surface area contributed by atoms with Crippen LogP contribution in [0.15, 0.2) is 48.5 Å². The molecular weight excluding hydrogens is 356 g/mol. The molecular formula is C22H26N2O4. The molecule has 0 saturated carbocycles. The Balaban J connectivity index is 1.90. The number of amides is 2. The standard InChI is InChI=1S/C22H26N2O4/c1-4-13-28-20-11-7-17(14-21(20)27-3)8-12-22(26)23-15-18-5-9-19(10-6-18)24-16(2)25/h5-12,14H,4,13,15H2,1-3H3,(H,23,26)(H,24,25)/b12-8+. The van der Waals surface area contributed by atoms with E-state index in [0.29, 0.717) is 24.7 Å². The number of methoxy groups -OCH3 is 1. The van der Waals surface area contributed by atoms with E-state index >= 15 is 0 Å². The summed E-state index contributed by atoms with van der Waals surface area (Å²) in [6.07, 6.45) is 4.12. The third-order valence-electron chi connectivity index (χ3n) is 3.82. The Bertz CT molecular complexity index is 829. The highest BCUT2D eigenvalue weighted by Crippen LogP contribution is 2.28. The molecule has 0 unspecified atom stereocenters. The molecule has 0 fully saturated rings. The van der Waals surface area contributed by atoms with Gasteiger partial charge in [-0.3, -0.25) is 9.59 Å². The normalized spacial score (nSPS) is 10.5. The van der Waals surface area contributed by atoms with Crippen molar-refractivity contribution in [3.05, 3.63) is 59.7 Å². The Morgan fingerprint density at radius 1 is 1.07 bits per heavy atom. The van der Waals surface area contributed by atoms with Crippen LogP contribution in [0.5, 0.6) is 11.5 Å². The van der Waals surface area contributed by atoms with Crippen LogP contribution in [-0.2, 0) is 16.1 Å². The summed E-state index contributed by atoms with van der Waals surface area (Å²) in [6.45, 7) is 4.53. The van der Waals surface area contributed by atoms with Crippen LogP contribution in [0.3, 0.4) is 0 Å². The number of carbonyl (C=O) groups is 2. The van der Waals surface area contributed by atoms with Crippen LogP contribution in [0.4, 0.5) is 5.69 Å². The average Bonchev–Trinajstić information content (AvgIpc) is 2.70. The predicted molar refractivity (Wildman–Crippen MR) is 110 cm³/mol. The number of ether oxygens (including phenoxy) is 2. The Labute approximate surface area is 165 Å². The molecule has 2 N–H and O–H groups in total. The average molecular weight is 382 g/mol. The van der Waals surface area contributed by atoms with Crippen LogP contribution < -0.4 is 20.1 Å². The van der Waals surface area contributed by atoms with Gasteiger partial charge in [-0.05, 0) is 47.9 Å². The van der Waals surface area contributed by atoms with Crippen molar-refractivity contribution in [3.63, 3.8) is 0 Å². The zero-order chi connectivity index (χ0) is 20.4. The Morgan fingerprint density at radius 3 is 2.46 bits per heavy atom. The van der Waals surface area contributed by atoms with Gasteiger partial charge in [-0.15, -0.1) is 0 Å². The zero-order valence-electron chi connectivity index (χ0n) is 16.5. The van der Waals surface area contributed by atoms with Crippen molar-refractivity contribution < 1.29 is 19.1 Å². The molecule has 2 aromatic carbocycles. The quantitative estimate of drug-likeness (QED) is 0.647. The molecule has 0 atom stereocenters. The number of carbonyl (C=O) groups excluding carboxylic acids is 2. The van der Waals surface area contributed by atoms with Crippen molar-refractivity contribution in [3.8, 4) is 11.5 Å². The van der Waals surface area contributed by atoms with E-state index < -0.39 is 0 Å². The second kappa shape index (κ2) is 10.8. The Kier molecular flexibility index (Phi) is 8.09. The summed E-state index contributed by atoms with van der Waals surface area (Å²) in [5.74, 6) is 1.01. The van der Waals surface area contributed by atoms with Gasteiger partial charge in [-0.1, -0.05) is 25.1 Å². The van der Waals surface area contributed by atoms with Gasteiger partial charge in [-0.25, -0.2) is 0 Å². The third kappa shape index (κ3) is 6.79. The maximum absolute atomic E-state index is 12.1. The van der Waals surface area contributed by atoms with Crippen molar-refractivity contribution in [1.29, 1.82) is 0 Å². The van der Waals surface area contributed by atoms with E-state index in [1.165, 1.54) is 13.0 Å². The zero-order valence-corrected chi connectivity index (χ0v) is 16.5. The summed E-state index contributed by atoms with van der Waals surface area (Å²) < 4.78 is 11.0. The first kappa shape index (κ1) is 21.0. The summed E-state index contributed by atoms with van der Waals surface area (Å²) in [5, 5.41) is 5.53. The van der Waals surface area contributed by atoms with E-state index in [2.05, 4.69) is 10.6 Å². The number of rotatable bonds is 9. The van der Waals surface area contributed by atoms with Crippen molar-refractivity contribution in [1.82, 2.24) is 5.32 Å². The van der Waals surface area contributed by atoms with Crippen LogP contribution in [0.2, 0.25) is 0 Å². The molecule has 0 aliphatic heterocycles. The van der Waals surface area contributed by atoms with Crippen molar-refractivity contribution >= 4 is 23.6 Å². The van der Waals surface area contributed by atoms with Gasteiger partial charge in [0.2, 0.25) is 11.8 Å². The lowest BCUT2D eigenvalue weighted by atomic mass is 10.2. The molecule has 6 nitrogen and oxygen atoms in total. The SMILES string of the molecule is CCCOc1ccc(/C=C/C(=O)NCc2ccc(NC(C)=O)cc2)cc1OC. The number of anilines is 1. The predicted octanol–water partition coefficient (Wildman–Crippen LogP) is 3.77. The number of hydrogen-bond donors (Lipinski definition) is 2. The van der Waals surface area contributed by atoms with Crippen LogP contribution in [0.1, 0.15) is 31.4 Å². The molecule has 0 aliphatic rings. The van der Waals surface area contributed by atoms with Gasteiger partial charge in [0.05, 0.1) is 13.7 Å². The monoisotopic (exact) mass is 382 g/mol. The molecule has 0 bridgehead atoms. The number of benzene rings is 2. The third-order valence-corrected chi connectivity index (χ3v) is 3.82. The summed E-state index contributed by atoms with van der Waals surface area (Å²) in [6, 6.07) is 12.8. The fraction of sp³-hybridized carbons (Fsp3) is 0.273. The fourth-order valence-electron chi connectivity index (χ4n) is 2.45. The van der Waals surface area contributed by atoms with Crippen molar-refractivity contribution in [2.45, 2.75) is 26.8 Å². The lowest BCUT2D eigenvalue weighted by Gasteiger charge is -2.10. The van der Waals surface area contributed by atoms with Gasteiger partial charge in [0, 0.05) is 25.2 Å². The van der Waals surface area contributed by atoms with Gasteiger partial charge in [0.1, 0.15) is 0 Å². The first-order valence-electron chi connectivity index (χ1n) is 9.15. The minimum absolute atomic E-state index is 0.118. The first-order valence-corrected chi connectivity index (χ1v) is 9.15. The highest BCUT2D eigenvalue weighted by molar-refractivity contribution is 5.91. The van der Waals surface area contributed by atoms with Crippen LogP contribution in [-0.4, -0.2) is 25.5 Å². The van der Waals surface area contributed by atoms with Gasteiger partial charge in [-0.2, -0.15) is 0 Å². The molecule has 0 saturated heterocycles. The van der Waals surface area contributed by atoms with E-state index in [0.717, 1.165) is 23.2 Å². The van der Waals surface area contributed by atoms with E-state index in [4.69, 9.17) is 9.47 Å². The van der Waals surface area contributed by atoms with Crippen LogP contribution in [0.25, 0.3) is 6.08 Å². The lowest BCUT2D eigenvalue weighted by Crippen LogP contribution is -2.20. The Hall–Kier alpha value is -3.28. The van der Waals surface area contributed by atoms with E-state index in [-0.39, 0.29) is 11.8 Å². The second-order valence-electron chi connectivity index (χ2n) is 6.19. The molecule has 2 amide bonds. The maximum Gasteiger partial charge on any atom is 0.244 e. The largest absolute Gasteiger partial charge is 0.493 e. The van der Waals surface area contributed by atoms with Crippen molar-refractivity contribution in [2.75, 3.05) is 19.0 Å². The van der Waals surface area contributed by atoms with Crippen LogP contribution in [0, 0.1) is 0 Å². The van der Waals surface area contributed by atoms with E-state index in [1.54, 1.807) is 25.3 Å². The Morgan fingerprint density at radius 2 is 1.82 bits per heavy atom. The highest BCUT2D eigenvalue weighted by Gasteiger charge is 2.05. The maximum atomic E-state index is 12.1. The summed E-state index contributed by atoms with van der Waals surface area (Å²) in [4.78, 5) is 23.1. The summed E-state index contributed by atoms with van der Waals surface area (Å²) in [5.41, 5.74) is 2.51. The minimum Gasteiger partial charge on any atom is -0.493 e. The molecule has 0 spiro atoms. The summed E-state index contributed by atoms with van der Waals surface area (Å²) >= 11 is 0. The summed E-state index contributed by atoms with van der Waals surface area (Å²) in [7, 11) is 1.59. The smallest absolute Gasteiger partial charge is 0.244 e. The second-order valence-corrected chi connectivity index (χ2v) is 6.19. The van der Waals surface area contributed by atoms with Crippen molar-refractivity contribution in [2.24, 2.45) is 0 Å². The molecule has 0 heterocycles. The number of nitrogens with one attached hydrogen (secondary N) is 2. The van der Waals surface area contributed by atoms with Crippen LogP contribution >= 0.6 is 0 Å². The van der Waals surface area contributed by atoms with E-state index in [1.807, 2.05) is 37.3 Å². The van der Waals surface area contributed by atoms with Gasteiger partial charge < -0.3 is 20.1 Å². The molecule has 28 heavy (non-hydrogen) atoms. The lowest BCUT2D eigenvalue weighted by molar-refractivity contribution is -0.116. The molecule has 2 rings (SSSR count). The molecule has 148 valence electrons. The van der Waals surface area contributed by atoms with Gasteiger partial charge >= 0.3 is 0 Å². The van der Waals surface area contributed by atoms with Gasteiger partial charge in [0.15, 0.2) is 11.5 Å².